The van der Waals surface area contributed by atoms with E-state index in [4.69, 9.17) is 4.74 Å². The summed E-state index contributed by atoms with van der Waals surface area (Å²) in [4.78, 5) is 24.9. The number of nitrogens with zero attached hydrogens (tertiary/aromatic N) is 2. The normalized spacial score (nSPS) is 18.2. The Morgan fingerprint density at radius 2 is 1.95 bits per heavy atom. The van der Waals surface area contributed by atoms with E-state index in [9.17, 15) is 9.70 Å². The van der Waals surface area contributed by atoms with Crippen molar-refractivity contribution in [3.8, 4) is 0 Å². The maximum absolute atomic E-state index is 11.7. The number of carbonyl (C=O) groups is 1. The Labute approximate surface area is 125 Å². The SMILES string of the molecule is CCOC(=O)C(N=O)c1ccc(C2CCN(C)CC2)cc1. The van der Waals surface area contributed by atoms with Gasteiger partial charge in [-0.3, -0.25) is 0 Å². The molecule has 0 aromatic heterocycles. The molecule has 0 amide bonds. The molecule has 1 unspecified atom stereocenters. The molecule has 0 bridgehead atoms. The maximum Gasteiger partial charge on any atom is 0.339 e. The van der Waals surface area contributed by atoms with Crippen molar-refractivity contribution in [1.29, 1.82) is 0 Å². The number of esters is 1. The Bertz CT molecular complexity index is 479. The van der Waals surface area contributed by atoms with Crippen LogP contribution in [0.5, 0.6) is 0 Å². The van der Waals surface area contributed by atoms with E-state index in [0.29, 0.717) is 11.5 Å². The van der Waals surface area contributed by atoms with Crippen LogP contribution in [0.15, 0.2) is 29.4 Å². The molecule has 1 saturated heterocycles. The molecule has 114 valence electrons. The van der Waals surface area contributed by atoms with Gasteiger partial charge in [-0.15, -0.1) is 4.91 Å². The van der Waals surface area contributed by atoms with Crippen LogP contribution in [0, 0.1) is 4.91 Å². The Morgan fingerprint density at radius 3 is 2.48 bits per heavy atom. The number of benzene rings is 1. The molecule has 0 aliphatic carbocycles. The Morgan fingerprint density at radius 1 is 1.33 bits per heavy atom. The smallest absolute Gasteiger partial charge is 0.339 e. The van der Waals surface area contributed by atoms with E-state index in [-0.39, 0.29) is 6.61 Å². The molecule has 5 heteroatoms. The van der Waals surface area contributed by atoms with E-state index in [1.807, 2.05) is 24.3 Å². The lowest BCUT2D eigenvalue weighted by Gasteiger charge is -2.29. The highest BCUT2D eigenvalue weighted by Crippen LogP contribution is 2.29. The van der Waals surface area contributed by atoms with Crippen LogP contribution >= 0.6 is 0 Å². The first-order chi connectivity index (χ1) is 10.2. The van der Waals surface area contributed by atoms with Crippen molar-refractivity contribution in [3.05, 3.63) is 40.3 Å². The van der Waals surface area contributed by atoms with Gasteiger partial charge in [0.15, 0.2) is 0 Å². The maximum atomic E-state index is 11.7. The van der Waals surface area contributed by atoms with Crippen LogP contribution in [0.3, 0.4) is 0 Å². The third kappa shape index (κ3) is 3.88. The monoisotopic (exact) mass is 290 g/mol. The van der Waals surface area contributed by atoms with Crippen LogP contribution < -0.4 is 0 Å². The highest BCUT2D eigenvalue weighted by Gasteiger charge is 2.24. The number of carbonyl (C=O) groups excluding carboxylic acids is 1. The summed E-state index contributed by atoms with van der Waals surface area (Å²) >= 11 is 0. The number of ether oxygens (including phenoxy) is 1. The summed E-state index contributed by atoms with van der Waals surface area (Å²) < 4.78 is 4.87. The zero-order valence-corrected chi connectivity index (χ0v) is 12.6. The van der Waals surface area contributed by atoms with Gasteiger partial charge < -0.3 is 9.64 Å². The van der Waals surface area contributed by atoms with E-state index in [1.165, 1.54) is 5.56 Å². The molecule has 0 N–H and O–H groups in total. The lowest BCUT2D eigenvalue weighted by Crippen LogP contribution is -2.29. The minimum absolute atomic E-state index is 0.249. The average Bonchev–Trinajstić information content (AvgIpc) is 2.50. The molecule has 1 heterocycles. The zero-order valence-electron chi connectivity index (χ0n) is 12.6. The van der Waals surface area contributed by atoms with Crippen molar-refractivity contribution in [2.24, 2.45) is 5.18 Å². The molecule has 1 fully saturated rings. The molecule has 1 aromatic carbocycles. The van der Waals surface area contributed by atoms with Crippen LogP contribution in [0.4, 0.5) is 0 Å². The fourth-order valence-corrected chi connectivity index (χ4v) is 2.75. The van der Waals surface area contributed by atoms with Gasteiger partial charge in [0.25, 0.3) is 0 Å². The predicted octanol–water partition coefficient (Wildman–Crippen LogP) is 2.87. The van der Waals surface area contributed by atoms with Gasteiger partial charge in [0, 0.05) is 0 Å². The zero-order chi connectivity index (χ0) is 15.2. The molecular formula is C16H22N2O3. The lowest BCUT2D eigenvalue weighted by atomic mass is 9.89. The van der Waals surface area contributed by atoms with Gasteiger partial charge in [0.1, 0.15) is 0 Å². The van der Waals surface area contributed by atoms with Gasteiger partial charge in [-0.05, 0) is 62.1 Å². The summed E-state index contributed by atoms with van der Waals surface area (Å²) in [5.41, 5.74) is 1.86. The van der Waals surface area contributed by atoms with Crippen molar-refractivity contribution in [2.45, 2.75) is 31.7 Å². The molecule has 1 aromatic rings. The van der Waals surface area contributed by atoms with Crippen molar-refractivity contribution in [3.63, 3.8) is 0 Å². The summed E-state index contributed by atoms with van der Waals surface area (Å²) in [6.45, 7) is 4.17. The Kier molecular flexibility index (Phi) is 5.44. The third-order valence-electron chi connectivity index (χ3n) is 4.06. The fourth-order valence-electron chi connectivity index (χ4n) is 2.75. The summed E-state index contributed by atoms with van der Waals surface area (Å²) in [6.07, 6.45) is 2.28. The van der Waals surface area contributed by atoms with E-state index in [1.54, 1.807) is 6.92 Å². The molecule has 0 spiro atoms. The van der Waals surface area contributed by atoms with Gasteiger partial charge in [0.2, 0.25) is 6.04 Å². The molecule has 21 heavy (non-hydrogen) atoms. The second-order valence-electron chi connectivity index (χ2n) is 5.50. The topological polar surface area (TPSA) is 59.0 Å². The van der Waals surface area contributed by atoms with E-state index in [2.05, 4.69) is 17.1 Å². The second-order valence-corrected chi connectivity index (χ2v) is 5.50. The first kappa shape index (κ1) is 15.6. The first-order valence-corrected chi connectivity index (χ1v) is 7.43. The molecular weight excluding hydrogens is 268 g/mol. The summed E-state index contributed by atoms with van der Waals surface area (Å²) in [6, 6.07) is 6.58. The van der Waals surface area contributed by atoms with Gasteiger partial charge in [-0.1, -0.05) is 24.3 Å². The minimum Gasteiger partial charge on any atom is -0.464 e. The van der Waals surface area contributed by atoms with E-state index in [0.717, 1.165) is 25.9 Å². The molecule has 1 aliphatic rings. The summed E-state index contributed by atoms with van der Waals surface area (Å²) in [5.74, 6) is -0.0278. The quantitative estimate of drug-likeness (QED) is 0.618. The van der Waals surface area contributed by atoms with Crippen molar-refractivity contribution in [1.82, 2.24) is 4.90 Å². The van der Waals surface area contributed by atoms with Crippen molar-refractivity contribution < 1.29 is 9.53 Å². The Balaban J connectivity index is 2.07. The van der Waals surface area contributed by atoms with Crippen LogP contribution in [0.25, 0.3) is 0 Å². The number of hydrogen-bond acceptors (Lipinski definition) is 5. The first-order valence-electron chi connectivity index (χ1n) is 7.43. The van der Waals surface area contributed by atoms with Gasteiger partial charge in [-0.25, -0.2) is 4.79 Å². The number of nitroso groups, excluding NO2 is 1. The molecule has 0 radical (unpaired) electrons. The molecule has 1 aliphatic heterocycles. The van der Waals surface area contributed by atoms with Crippen LogP contribution in [-0.4, -0.2) is 37.6 Å². The highest BCUT2D eigenvalue weighted by molar-refractivity contribution is 5.77. The summed E-state index contributed by atoms with van der Waals surface area (Å²) in [5, 5.41) is 2.90. The summed E-state index contributed by atoms with van der Waals surface area (Å²) in [7, 11) is 2.14. The number of hydrogen-bond donors (Lipinski definition) is 0. The predicted molar refractivity (Wildman–Crippen MR) is 81.1 cm³/mol. The van der Waals surface area contributed by atoms with Crippen molar-refractivity contribution >= 4 is 5.97 Å². The standard InChI is InChI=1S/C16H22N2O3/c1-3-21-16(19)15(17-20)14-6-4-12(5-7-14)13-8-10-18(2)11-9-13/h4-7,13,15H,3,8-11H2,1-2H3. The van der Waals surface area contributed by atoms with Gasteiger partial charge in [-0.2, -0.15) is 0 Å². The second kappa shape index (κ2) is 7.31. The molecule has 2 rings (SSSR count). The van der Waals surface area contributed by atoms with Crippen LogP contribution in [0.2, 0.25) is 0 Å². The number of piperidine rings is 1. The van der Waals surface area contributed by atoms with E-state index >= 15 is 0 Å². The largest absolute Gasteiger partial charge is 0.464 e. The van der Waals surface area contributed by atoms with Crippen LogP contribution in [-0.2, 0) is 9.53 Å². The van der Waals surface area contributed by atoms with Gasteiger partial charge in [0.05, 0.1) is 6.61 Å². The molecule has 5 nitrogen and oxygen atoms in total. The molecule has 1 atom stereocenters. The lowest BCUT2D eigenvalue weighted by molar-refractivity contribution is -0.144. The average molecular weight is 290 g/mol. The minimum atomic E-state index is -1.06. The Hall–Kier alpha value is -1.75. The van der Waals surface area contributed by atoms with Crippen molar-refractivity contribution in [2.75, 3.05) is 26.7 Å². The van der Waals surface area contributed by atoms with Gasteiger partial charge >= 0.3 is 5.97 Å². The number of rotatable bonds is 5. The van der Waals surface area contributed by atoms with Crippen LogP contribution in [0.1, 0.15) is 42.9 Å². The third-order valence-corrected chi connectivity index (χ3v) is 4.06. The fraction of sp³-hybridized carbons (Fsp3) is 0.562. The van der Waals surface area contributed by atoms with E-state index < -0.39 is 12.0 Å². The number of likely N-dealkylation sites (tertiary alicyclic amines) is 1. The molecule has 0 saturated carbocycles. The highest BCUT2D eigenvalue weighted by atomic mass is 16.5.